The molecule has 0 radical (unpaired) electrons. The molecule has 3 unspecified atom stereocenters. The molecule has 3 atom stereocenters. The van der Waals surface area contributed by atoms with Crippen LogP contribution in [0, 0.1) is 0 Å². The summed E-state index contributed by atoms with van der Waals surface area (Å²) in [5.74, 6) is -0.731. The maximum atomic E-state index is 11.5. The van der Waals surface area contributed by atoms with E-state index in [1.807, 2.05) is 6.92 Å². The van der Waals surface area contributed by atoms with Crippen LogP contribution in [0.15, 0.2) is 0 Å². The third-order valence-electron chi connectivity index (χ3n) is 5.39. The van der Waals surface area contributed by atoms with Gasteiger partial charge in [-0.1, -0.05) is 19.8 Å². The Morgan fingerprint density at radius 1 is 1.43 bits per heavy atom. The fraction of sp³-hybridized carbons (Fsp3) is 0.938. The van der Waals surface area contributed by atoms with Crippen molar-refractivity contribution in [2.24, 2.45) is 0 Å². The van der Waals surface area contributed by atoms with Crippen LogP contribution < -0.4 is 5.32 Å². The van der Waals surface area contributed by atoms with Crippen LogP contribution in [0.4, 0.5) is 0 Å². The van der Waals surface area contributed by atoms with Gasteiger partial charge in [-0.25, -0.2) is 0 Å². The standard InChI is InChI=1S/C16H30N2O3/c1-3-16(17-2,15(19)20)9-6-10-18-11-12-21-14-8-5-4-7-13(14)18/h13-14,17H,3-12H2,1-2H3,(H,19,20). The second-order valence-electron chi connectivity index (χ2n) is 6.39. The van der Waals surface area contributed by atoms with Gasteiger partial charge in [0.25, 0.3) is 0 Å². The number of hydrogen-bond acceptors (Lipinski definition) is 4. The molecular weight excluding hydrogens is 268 g/mol. The molecule has 1 aliphatic heterocycles. The van der Waals surface area contributed by atoms with E-state index in [9.17, 15) is 9.90 Å². The first-order chi connectivity index (χ1) is 10.1. The summed E-state index contributed by atoms with van der Waals surface area (Å²) in [4.78, 5) is 14.0. The van der Waals surface area contributed by atoms with E-state index in [-0.39, 0.29) is 0 Å². The van der Waals surface area contributed by atoms with Gasteiger partial charge in [-0.15, -0.1) is 0 Å². The van der Waals surface area contributed by atoms with Gasteiger partial charge in [0.2, 0.25) is 0 Å². The highest BCUT2D eigenvalue weighted by atomic mass is 16.5. The molecule has 122 valence electrons. The van der Waals surface area contributed by atoms with Crippen LogP contribution in [0.25, 0.3) is 0 Å². The highest BCUT2D eigenvalue weighted by Gasteiger charge is 2.36. The number of nitrogens with zero attached hydrogens (tertiary/aromatic N) is 1. The molecule has 5 nitrogen and oxygen atoms in total. The minimum Gasteiger partial charge on any atom is -0.480 e. The minimum atomic E-state index is -0.766. The van der Waals surface area contributed by atoms with Crippen LogP contribution in [-0.2, 0) is 9.53 Å². The Labute approximate surface area is 128 Å². The second kappa shape index (κ2) is 7.56. The number of hydrogen-bond donors (Lipinski definition) is 2. The number of nitrogens with one attached hydrogen (secondary N) is 1. The smallest absolute Gasteiger partial charge is 0.323 e. The van der Waals surface area contributed by atoms with Crippen molar-refractivity contribution in [2.75, 3.05) is 26.7 Å². The summed E-state index contributed by atoms with van der Waals surface area (Å²) in [5, 5.41) is 12.5. The largest absolute Gasteiger partial charge is 0.480 e. The Kier molecular flexibility index (Phi) is 6.02. The second-order valence-corrected chi connectivity index (χ2v) is 6.39. The lowest BCUT2D eigenvalue weighted by atomic mass is 9.88. The van der Waals surface area contributed by atoms with Crippen molar-refractivity contribution >= 4 is 5.97 Å². The molecule has 1 heterocycles. The zero-order valence-corrected chi connectivity index (χ0v) is 13.4. The Morgan fingerprint density at radius 2 is 2.19 bits per heavy atom. The first kappa shape index (κ1) is 16.7. The summed E-state index contributed by atoms with van der Waals surface area (Å²) in [5.41, 5.74) is -0.766. The van der Waals surface area contributed by atoms with E-state index in [4.69, 9.17) is 4.74 Å². The molecule has 2 aliphatic rings. The first-order valence-corrected chi connectivity index (χ1v) is 8.41. The monoisotopic (exact) mass is 298 g/mol. The molecular formula is C16H30N2O3. The fourth-order valence-corrected chi connectivity index (χ4v) is 3.88. The quantitative estimate of drug-likeness (QED) is 0.751. The van der Waals surface area contributed by atoms with Crippen LogP contribution in [-0.4, -0.2) is 60.4 Å². The zero-order chi connectivity index (χ0) is 15.3. The third kappa shape index (κ3) is 3.76. The van der Waals surface area contributed by atoms with Crippen molar-refractivity contribution < 1.29 is 14.6 Å². The van der Waals surface area contributed by atoms with Gasteiger partial charge in [-0.2, -0.15) is 0 Å². The lowest BCUT2D eigenvalue weighted by molar-refractivity contribution is -0.145. The van der Waals surface area contributed by atoms with Crippen molar-refractivity contribution in [3.05, 3.63) is 0 Å². The molecule has 0 amide bonds. The maximum Gasteiger partial charge on any atom is 0.323 e. The predicted octanol–water partition coefficient (Wildman–Crippen LogP) is 1.86. The van der Waals surface area contributed by atoms with E-state index in [1.165, 1.54) is 25.7 Å². The number of fused-ring (bicyclic) bond motifs is 1. The van der Waals surface area contributed by atoms with Gasteiger partial charge in [-0.3, -0.25) is 9.69 Å². The van der Waals surface area contributed by atoms with Crippen molar-refractivity contribution in [3.8, 4) is 0 Å². The van der Waals surface area contributed by atoms with Crippen molar-refractivity contribution in [1.29, 1.82) is 0 Å². The van der Waals surface area contributed by atoms with Gasteiger partial charge in [0.05, 0.1) is 12.7 Å². The Bertz CT molecular complexity index is 342. The third-order valence-corrected chi connectivity index (χ3v) is 5.39. The van der Waals surface area contributed by atoms with Crippen LogP contribution >= 0.6 is 0 Å². The van der Waals surface area contributed by atoms with Crippen molar-refractivity contribution in [1.82, 2.24) is 10.2 Å². The molecule has 1 aliphatic carbocycles. The Hall–Kier alpha value is -0.650. The molecule has 2 N–H and O–H groups in total. The van der Waals surface area contributed by atoms with Crippen molar-refractivity contribution in [3.63, 3.8) is 0 Å². The SMILES string of the molecule is CCC(CCCN1CCOC2CCCCC21)(NC)C(=O)O. The van der Waals surface area contributed by atoms with Gasteiger partial charge in [0, 0.05) is 12.6 Å². The molecule has 1 saturated heterocycles. The summed E-state index contributed by atoms with van der Waals surface area (Å²) in [6.07, 6.45) is 7.63. The summed E-state index contributed by atoms with van der Waals surface area (Å²) in [6, 6.07) is 0.558. The molecule has 21 heavy (non-hydrogen) atoms. The number of ether oxygens (including phenoxy) is 1. The lowest BCUT2D eigenvalue weighted by Crippen LogP contribution is -2.54. The van der Waals surface area contributed by atoms with Gasteiger partial charge in [0.1, 0.15) is 5.54 Å². The Morgan fingerprint density at radius 3 is 2.86 bits per heavy atom. The summed E-state index contributed by atoms with van der Waals surface area (Å²) >= 11 is 0. The molecule has 0 aromatic carbocycles. The first-order valence-electron chi connectivity index (χ1n) is 8.41. The van der Waals surface area contributed by atoms with Crippen molar-refractivity contribution in [2.45, 2.75) is 69.6 Å². The van der Waals surface area contributed by atoms with Crippen LogP contribution in [0.5, 0.6) is 0 Å². The number of morpholine rings is 1. The van der Waals surface area contributed by atoms with Crippen LogP contribution in [0.1, 0.15) is 51.9 Å². The van der Waals surface area contributed by atoms with Gasteiger partial charge < -0.3 is 15.2 Å². The van der Waals surface area contributed by atoms with E-state index in [2.05, 4.69) is 10.2 Å². The van der Waals surface area contributed by atoms with E-state index in [1.54, 1.807) is 7.05 Å². The van der Waals surface area contributed by atoms with Gasteiger partial charge >= 0.3 is 5.97 Å². The molecule has 1 saturated carbocycles. The maximum absolute atomic E-state index is 11.5. The molecule has 0 bridgehead atoms. The molecule has 2 rings (SSSR count). The topological polar surface area (TPSA) is 61.8 Å². The summed E-state index contributed by atoms with van der Waals surface area (Å²) in [6.45, 7) is 4.75. The number of carboxylic acids is 1. The summed E-state index contributed by atoms with van der Waals surface area (Å²) < 4.78 is 5.89. The number of rotatable bonds is 7. The summed E-state index contributed by atoms with van der Waals surface area (Å²) in [7, 11) is 1.75. The van der Waals surface area contributed by atoms with Gasteiger partial charge in [0.15, 0.2) is 0 Å². The highest BCUT2D eigenvalue weighted by molar-refractivity contribution is 5.78. The van der Waals surface area contributed by atoms with E-state index in [0.717, 1.165) is 26.1 Å². The van der Waals surface area contributed by atoms with E-state index in [0.29, 0.717) is 25.0 Å². The average Bonchev–Trinajstić information content (AvgIpc) is 2.52. The number of likely N-dealkylation sites (N-methyl/N-ethyl adjacent to an activating group) is 1. The highest BCUT2D eigenvalue weighted by Crippen LogP contribution is 2.29. The molecule has 0 aromatic rings. The molecule has 0 aromatic heterocycles. The Balaban J connectivity index is 1.85. The van der Waals surface area contributed by atoms with E-state index >= 15 is 0 Å². The van der Waals surface area contributed by atoms with Gasteiger partial charge in [-0.05, 0) is 45.7 Å². The van der Waals surface area contributed by atoms with Crippen LogP contribution in [0.3, 0.4) is 0 Å². The fourth-order valence-electron chi connectivity index (χ4n) is 3.88. The zero-order valence-electron chi connectivity index (χ0n) is 13.4. The molecule has 0 spiro atoms. The lowest BCUT2D eigenvalue weighted by Gasteiger charge is -2.44. The number of aliphatic carboxylic acids is 1. The minimum absolute atomic E-state index is 0.409. The number of carbonyl (C=O) groups is 1. The normalized spacial score (nSPS) is 29.6. The molecule has 5 heteroatoms. The predicted molar refractivity (Wildman–Crippen MR) is 82.5 cm³/mol. The van der Waals surface area contributed by atoms with E-state index < -0.39 is 11.5 Å². The average molecular weight is 298 g/mol. The number of carboxylic acid groups (broad SMARTS) is 1. The molecule has 2 fully saturated rings. The van der Waals surface area contributed by atoms with Crippen LogP contribution in [0.2, 0.25) is 0 Å².